The number of rotatable bonds is 2. The minimum absolute atomic E-state index is 0.378. The molecule has 122 valence electrons. The monoisotopic (exact) mass is 348 g/mol. The Morgan fingerprint density at radius 3 is 2.09 bits per heavy atom. The van der Waals surface area contributed by atoms with Crippen LogP contribution in [-0.4, -0.2) is 19.8 Å². The molecule has 0 saturated carbocycles. The van der Waals surface area contributed by atoms with Crippen molar-refractivity contribution in [2.45, 2.75) is 25.7 Å². The summed E-state index contributed by atoms with van der Waals surface area (Å²) >= 11 is 4.52. The van der Waals surface area contributed by atoms with Gasteiger partial charge in [0.1, 0.15) is 0 Å². The average Bonchev–Trinajstić information content (AvgIpc) is 2.45. The molecule has 0 bridgehead atoms. The van der Waals surface area contributed by atoms with E-state index < -0.39 is 9.84 Å². The predicted octanol–water partition coefficient (Wildman–Crippen LogP) is 4.02. The molecule has 0 aliphatic heterocycles. The van der Waals surface area contributed by atoms with Crippen molar-refractivity contribution >= 4 is 38.6 Å². The minimum Gasteiger partial charge on any atom is -0.399 e. The van der Waals surface area contributed by atoms with Crippen LogP contribution in [0.1, 0.15) is 16.7 Å². The number of aliphatic imine (C=N–C) groups is 1. The van der Waals surface area contributed by atoms with Gasteiger partial charge >= 0.3 is 0 Å². The molecule has 0 fully saturated rings. The number of aryl methyl sites for hydroxylation is 3. The highest BCUT2D eigenvalue weighted by molar-refractivity contribution is 7.90. The van der Waals surface area contributed by atoms with Crippen LogP contribution in [0.5, 0.6) is 0 Å². The molecule has 0 saturated heterocycles. The van der Waals surface area contributed by atoms with Crippen molar-refractivity contribution in [2.24, 2.45) is 4.99 Å². The van der Waals surface area contributed by atoms with E-state index in [0.29, 0.717) is 4.90 Å². The zero-order valence-corrected chi connectivity index (χ0v) is 15.3. The molecule has 0 spiro atoms. The third kappa shape index (κ3) is 5.94. The number of hydrogen-bond donors (Lipinski definition) is 1. The summed E-state index contributed by atoms with van der Waals surface area (Å²) in [5.74, 6) is 0. The van der Waals surface area contributed by atoms with Crippen LogP contribution in [0.2, 0.25) is 0 Å². The Balaban J connectivity index is 0.000000231. The van der Waals surface area contributed by atoms with Crippen molar-refractivity contribution in [3.05, 3.63) is 53.1 Å². The number of hydrogen-bond acceptors (Lipinski definition) is 5. The van der Waals surface area contributed by atoms with E-state index in [1.165, 1.54) is 6.26 Å². The molecule has 2 aromatic rings. The fraction of sp³-hybridized carbons (Fsp3) is 0.235. The Morgan fingerprint density at radius 2 is 1.61 bits per heavy atom. The van der Waals surface area contributed by atoms with Gasteiger partial charge in [-0.15, -0.1) is 0 Å². The molecule has 0 amide bonds. The van der Waals surface area contributed by atoms with E-state index in [2.05, 4.69) is 22.4 Å². The van der Waals surface area contributed by atoms with Crippen LogP contribution in [-0.2, 0) is 9.84 Å². The van der Waals surface area contributed by atoms with Crippen molar-refractivity contribution < 1.29 is 8.42 Å². The van der Waals surface area contributed by atoms with Crippen LogP contribution in [0.3, 0.4) is 0 Å². The molecular weight excluding hydrogens is 328 g/mol. The highest BCUT2D eigenvalue weighted by Gasteiger charge is 2.04. The van der Waals surface area contributed by atoms with E-state index in [-0.39, 0.29) is 0 Å². The van der Waals surface area contributed by atoms with E-state index in [1.54, 1.807) is 24.3 Å². The third-order valence-corrected chi connectivity index (χ3v) is 4.42. The van der Waals surface area contributed by atoms with Crippen LogP contribution in [0.15, 0.2) is 46.3 Å². The Hall–Kier alpha value is -2.01. The number of nitrogens with two attached hydrogens (primary N) is 1. The first-order valence-electron chi connectivity index (χ1n) is 6.86. The van der Waals surface area contributed by atoms with Gasteiger partial charge in [-0.2, -0.15) is 4.99 Å². The van der Waals surface area contributed by atoms with E-state index in [1.807, 2.05) is 32.9 Å². The summed E-state index contributed by atoms with van der Waals surface area (Å²) in [6.07, 6.45) is 1.21. The van der Waals surface area contributed by atoms with Gasteiger partial charge in [0.05, 0.1) is 15.7 Å². The zero-order chi connectivity index (χ0) is 17.6. The highest BCUT2D eigenvalue weighted by atomic mass is 32.2. The molecule has 23 heavy (non-hydrogen) atoms. The fourth-order valence-electron chi connectivity index (χ4n) is 1.78. The van der Waals surface area contributed by atoms with Crippen LogP contribution < -0.4 is 5.73 Å². The van der Waals surface area contributed by atoms with Gasteiger partial charge < -0.3 is 5.73 Å². The van der Waals surface area contributed by atoms with Crippen molar-refractivity contribution in [3.8, 4) is 0 Å². The molecule has 0 aliphatic carbocycles. The molecule has 0 radical (unpaired) electrons. The lowest BCUT2D eigenvalue weighted by molar-refractivity contribution is 0.602. The van der Waals surface area contributed by atoms with E-state index in [0.717, 1.165) is 28.1 Å². The number of isothiocyanates is 1. The average molecular weight is 348 g/mol. The molecule has 2 aromatic carbocycles. The van der Waals surface area contributed by atoms with Gasteiger partial charge in [0.15, 0.2) is 9.84 Å². The Kier molecular flexibility index (Phi) is 6.63. The SMILES string of the molecule is Cc1cc(N=C=S)c(C)cc1N.Cc1ccc(S(C)(=O)=O)cc1. The van der Waals surface area contributed by atoms with Crippen molar-refractivity contribution in [2.75, 3.05) is 12.0 Å². The van der Waals surface area contributed by atoms with Crippen molar-refractivity contribution in [1.29, 1.82) is 0 Å². The molecule has 0 unspecified atom stereocenters. The maximum absolute atomic E-state index is 10.9. The molecule has 0 aliphatic rings. The first-order chi connectivity index (χ1) is 10.6. The third-order valence-electron chi connectivity index (χ3n) is 3.20. The first-order valence-corrected chi connectivity index (χ1v) is 9.16. The topological polar surface area (TPSA) is 72.5 Å². The van der Waals surface area contributed by atoms with Gasteiger partial charge in [-0.05, 0) is 68.4 Å². The minimum atomic E-state index is -3.02. The summed E-state index contributed by atoms with van der Waals surface area (Å²) in [5.41, 5.74) is 10.4. The van der Waals surface area contributed by atoms with Crippen LogP contribution in [0.25, 0.3) is 0 Å². The lowest BCUT2D eigenvalue weighted by atomic mass is 10.1. The van der Waals surface area contributed by atoms with Crippen molar-refractivity contribution in [1.82, 2.24) is 0 Å². The highest BCUT2D eigenvalue weighted by Crippen LogP contribution is 2.23. The molecular formula is C17H20N2O2S2. The normalized spacial score (nSPS) is 10.3. The molecule has 0 heterocycles. The molecule has 2 N–H and O–H groups in total. The summed E-state index contributed by atoms with van der Waals surface area (Å²) in [4.78, 5) is 4.30. The smallest absolute Gasteiger partial charge is 0.175 e. The number of thiocarbonyl (C=S) groups is 1. The lowest BCUT2D eigenvalue weighted by Gasteiger charge is -2.03. The number of nitrogen functional groups attached to an aromatic ring is 1. The summed E-state index contributed by atoms with van der Waals surface area (Å²) in [6, 6.07) is 10.6. The first kappa shape index (κ1) is 19.0. The quantitative estimate of drug-likeness (QED) is 0.505. The molecule has 0 atom stereocenters. The zero-order valence-electron chi connectivity index (χ0n) is 13.6. The van der Waals surface area contributed by atoms with Crippen LogP contribution in [0, 0.1) is 20.8 Å². The molecule has 4 nitrogen and oxygen atoms in total. The predicted molar refractivity (Wildman–Crippen MR) is 99.3 cm³/mol. The fourth-order valence-corrected chi connectivity index (χ4v) is 2.51. The standard InChI is InChI=1S/C9H10N2S.C8H10O2S/c1-6-4-9(11-5-12)7(2)3-8(6)10;1-7-3-5-8(6-4-7)11(2,9)10/h3-4H,10H2,1-2H3;3-6H,1-2H3. The van der Waals surface area contributed by atoms with Gasteiger partial charge in [0.2, 0.25) is 0 Å². The molecule has 0 aromatic heterocycles. The number of nitrogens with zero attached hydrogens (tertiary/aromatic N) is 1. The second-order valence-electron chi connectivity index (χ2n) is 5.28. The number of anilines is 1. The van der Waals surface area contributed by atoms with Gasteiger partial charge in [-0.1, -0.05) is 17.7 Å². The van der Waals surface area contributed by atoms with Crippen LogP contribution in [0.4, 0.5) is 11.4 Å². The second-order valence-corrected chi connectivity index (χ2v) is 7.48. The molecule has 6 heteroatoms. The van der Waals surface area contributed by atoms with E-state index in [9.17, 15) is 8.42 Å². The summed E-state index contributed by atoms with van der Waals surface area (Å²) in [7, 11) is -3.02. The summed E-state index contributed by atoms with van der Waals surface area (Å²) < 4.78 is 21.9. The van der Waals surface area contributed by atoms with Gasteiger partial charge in [-0.3, -0.25) is 0 Å². The van der Waals surface area contributed by atoms with Gasteiger partial charge in [0.25, 0.3) is 0 Å². The lowest BCUT2D eigenvalue weighted by Crippen LogP contribution is -1.95. The van der Waals surface area contributed by atoms with Gasteiger partial charge in [0, 0.05) is 11.9 Å². The number of benzene rings is 2. The van der Waals surface area contributed by atoms with E-state index >= 15 is 0 Å². The Labute approximate surface area is 143 Å². The van der Waals surface area contributed by atoms with Gasteiger partial charge in [-0.25, -0.2) is 8.42 Å². The summed E-state index contributed by atoms with van der Waals surface area (Å²) in [6.45, 7) is 5.81. The van der Waals surface area contributed by atoms with E-state index in [4.69, 9.17) is 5.73 Å². The Morgan fingerprint density at radius 1 is 1.04 bits per heavy atom. The maximum Gasteiger partial charge on any atom is 0.175 e. The maximum atomic E-state index is 10.9. The summed E-state index contributed by atoms with van der Waals surface area (Å²) in [5, 5.41) is 2.34. The van der Waals surface area contributed by atoms with Crippen molar-refractivity contribution in [3.63, 3.8) is 0 Å². The molecule has 2 rings (SSSR count). The largest absolute Gasteiger partial charge is 0.399 e. The number of sulfone groups is 1. The Bertz CT molecular complexity index is 836. The second kappa shape index (κ2) is 8.02. The van der Waals surface area contributed by atoms with Crippen LogP contribution >= 0.6 is 12.2 Å².